The van der Waals surface area contributed by atoms with Gasteiger partial charge >= 0.3 is 0 Å². The van der Waals surface area contributed by atoms with Crippen molar-refractivity contribution in [1.29, 1.82) is 0 Å². The number of benzene rings is 1. The fraction of sp³-hybridized carbons (Fsp3) is 0.625. The van der Waals surface area contributed by atoms with Crippen LogP contribution in [0.25, 0.3) is 0 Å². The van der Waals surface area contributed by atoms with Crippen molar-refractivity contribution in [3.05, 3.63) is 26.7 Å². The summed E-state index contributed by atoms with van der Waals surface area (Å²) in [6, 6.07) is 0. The molecule has 1 aliphatic rings. The Morgan fingerprint density at radius 3 is 2.05 bits per heavy atom. The Bertz CT molecular complexity index is 534. The summed E-state index contributed by atoms with van der Waals surface area (Å²) in [7, 11) is 1.72. The van der Waals surface area contributed by atoms with E-state index >= 15 is 0 Å². The topological polar surface area (TPSA) is 29.5 Å². The molecule has 0 aliphatic heterocycles. The first kappa shape index (κ1) is 14.9. The number of hydrogen-bond acceptors (Lipinski definition) is 2. The van der Waals surface area contributed by atoms with E-state index in [1.54, 1.807) is 7.11 Å². The predicted octanol–water partition coefficient (Wildman–Crippen LogP) is 4.04. The quantitative estimate of drug-likeness (QED) is 0.908. The van der Waals surface area contributed by atoms with Crippen LogP contribution in [-0.2, 0) is 5.41 Å². The summed E-state index contributed by atoms with van der Waals surface area (Å²) in [5.74, 6) is 0.942. The van der Waals surface area contributed by atoms with Gasteiger partial charge in [-0.25, -0.2) is 0 Å². The van der Waals surface area contributed by atoms with Gasteiger partial charge in [0.2, 0.25) is 0 Å². The van der Waals surface area contributed by atoms with Gasteiger partial charge in [-0.05, 0) is 49.3 Å². The third-order valence-corrected chi connectivity index (χ3v) is 6.22. The number of hydrogen-bond donors (Lipinski definition) is 1. The van der Waals surface area contributed by atoms with Crippen LogP contribution in [0.2, 0.25) is 0 Å². The Labute approximate surface area is 124 Å². The molecule has 0 bridgehead atoms. The van der Waals surface area contributed by atoms with E-state index in [9.17, 15) is 5.11 Å². The highest BCUT2D eigenvalue weighted by molar-refractivity contribution is 9.10. The minimum Gasteiger partial charge on any atom is -0.496 e. The Balaban J connectivity index is 2.78. The second-order valence-corrected chi connectivity index (χ2v) is 7.19. The molecular weight excluding hydrogens is 304 g/mol. The monoisotopic (exact) mass is 326 g/mol. The molecule has 0 amide bonds. The standard InChI is InChI=1S/C16H23BrO2/c1-9-10(2)14(19-6)12(11(3)13(9)17)16(8-18)7-15(16,4)5/h18H,7-8H2,1-6H3. The lowest BCUT2D eigenvalue weighted by Gasteiger charge is -2.27. The zero-order chi connectivity index (χ0) is 14.6. The van der Waals surface area contributed by atoms with Crippen molar-refractivity contribution in [3.63, 3.8) is 0 Å². The minimum absolute atomic E-state index is 0.126. The fourth-order valence-corrected chi connectivity index (χ4v) is 3.90. The van der Waals surface area contributed by atoms with Gasteiger partial charge in [-0.3, -0.25) is 0 Å². The van der Waals surface area contributed by atoms with Crippen LogP contribution < -0.4 is 4.74 Å². The molecule has 3 heteroatoms. The van der Waals surface area contributed by atoms with E-state index in [0.717, 1.165) is 22.2 Å². The Hall–Kier alpha value is -0.540. The van der Waals surface area contributed by atoms with Gasteiger partial charge in [0.15, 0.2) is 0 Å². The summed E-state index contributed by atoms with van der Waals surface area (Å²) >= 11 is 3.69. The molecule has 0 spiro atoms. The van der Waals surface area contributed by atoms with E-state index in [1.165, 1.54) is 16.7 Å². The summed E-state index contributed by atoms with van der Waals surface area (Å²) in [5.41, 5.74) is 4.71. The molecule has 1 aliphatic carbocycles. The van der Waals surface area contributed by atoms with E-state index in [4.69, 9.17) is 4.74 Å². The number of methoxy groups -OCH3 is 1. The van der Waals surface area contributed by atoms with Gasteiger partial charge < -0.3 is 9.84 Å². The van der Waals surface area contributed by atoms with E-state index in [2.05, 4.69) is 50.5 Å². The van der Waals surface area contributed by atoms with Gasteiger partial charge in [0, 0.05) is 15.5 Å². The van der Waals surface area contributed by atoms with Gasteiger partial charge in [0.05, 0.1) is 13.7 Å². The number of aliphatic hydroxyl groups excluding tert-OH is 1. The number of halogens is 1. The Morgan fingerprint density at radius 2 is 1.68 bits per heavy atom. The fourth-order valence-electron chi connectivity index (χ4n) is 3.40. The van der Waals surface area contributed by atoms with Crippen LogP contribution in [0.5, 0.6) is 5.75 Å². The van der Waals surface area contributed by atoms with Gasteiger partial charge in [-0.2, -0.15) is 0 Å². The lowest BCUT2D eigenvalue weighted by molar-refractivity contribution is 0.227. The predicted molar refractivity (Wildman–Crippen MR) is 82.1 cm³/mol. The van der Waals surface area contributed by atoms with Gasteiger partial charge in [-0.15, -0.1) is 0 Å². The van der Waals surface area contributed by atoms with Crippen molar-refractivity contribution < 1.29 is 9.84 Å². The molecule has 2 rings (SSSR count). The van der Waals surface area contributed by atoms with Crippen molar-refractivity contribution in [1.82, 2.24) is 0 Å². The van der Waals surface area contributed by atoms with Gasteiger partial charge in [-0.1, -0.05) is 29.8 Å². The van der Waals surface area contributed by atoms with Crippen LogP contribution in [0.3, 0.4) is 0 Å². The molecule has 2 nitrogen and oxygen atoms in total. The van der Waals surface area contributed by atoms with Crippen molar-refractivity contribution in [2.75, 3.05) is 13.7 Å². The van der Waals surface area contributed by atoms with Crippen LogP contribution in [0, 0.1) is 26.2 Å². The highest BCUT2D eigenvalue weighted by Gasteiger charge is 2.63. The molecule has 0 heterocycles. The summed E-state index contributed by atoms with van der Waals surface area (Å²) in [6.07, 6.45) is 1.00. The van der Waals surface area contributed by atoms with Gasteiger partial charge in [0.1, 0.15) is 5.75 Å². The first-order valence-electron chi connectivity index (χ1n) is 6.68. The zero-order valence-electron chi connectivity index (χ0n) is 12.6. The lowest BCUT2D eigenvalue weighted by Crippen LogP contribution is -2.22. The van der Waals surface area contributed by atoms with Crippen molar-refractivity contribution in [2.24, 2.45) is 5.41 Å². The third kappa shape index (κ3) is 1.85. The average Bonchev–Trinajstić information content (AvgIpc) is 2.94. The average molecular weight is 327 g/mol. The Kier molecular flexibility index (Phi) is 3.51. The van der Waals surface area contributed by atoms with Crippen LogP contribution in [-0.4, -0.2) is 18.8 Å². The van der Waals surface area contributed by atoms with Crippen molar-refractivity contribution >= 4 is 15.9 Å². The van der Waals surface area contributed by atoms with Gasteiger partial charge in [0.25, 0.3) is 0 Å². The van der Waals surface area contributed by atoms with Crippen molar-refractivity contribution in [2.45, 2.75) is 46.5 Å². The molecule has 19 heavy (non-hydrogen) atoms. The van der Waals surface area contributed by atoms with E-state index in [0.29, 0.717) is 0 Å². The molecule has 0 aromatic heterocycles. The SMILES string of the molecule is COc1c(C)c(C)c(Br)c(C)c1C1(CO)CC1(C)C. The molecule has 1 saturated carbocycles. The molecule has 0 saturated heterocycles. The zero-order valence-corrected chi connectivity index (χ0v) is 14.2. The summed E-state index contributed by atoms with van der Waals surface area (Å²) in [5, 5.41) is 9.97. The molecule has 1 aromatic carbocycles. The summed E-state index contributed by atoms with van der Waals surface area (Å²) in [4.78, 5) is 0. The molecule has 1 fully saturated rings. The van der Waals surface area contributed by atoms with E-state index < -0.39 is 0 Å². The second kappa shape index (κ2) is 4.49. The highest BCUT2D eigenvalue weighted by atomic mass is 79.9. The van der Waals surface area contributed by atoms with E-state index in [-0.39, 0.29) is 17.4 Å². The Morgan fingerprint density at radius 1 is 1.16 bits per heavy atom. The smallest absolute Gasteiger partial charge is 0.126 e. The highest BCUT2D eigenvalue weighted by Crippen LogP contribution is 2.67. The second-order valence-electron chi connectivity index (χ2n) is 6.40. The van der Waals surface area contributed by atoms with Crippen LogP contribution >= 0.6 is 15.9 Å². The summed E-state index contributed by atoms with van der Waals surface area (Å²) in [6.45, 7) is 10.9. The molecule has 106 valence electrons. The first-order valence-corrected chi connectivity index (χ1v) is 7.47. The van der Waals surface area contributed by atoms with Crippen LogP contribution in [0.15, 0.2) is 4.47 Å². The number of aliphatic hydroxyl groups is 1. The van der Waals surface area contributed by atoms with Crippen LogP contribution in [0.4, 0.5) is 0 Å². The normalized spacial score (nSPS) is 24.4. The van der Waals surface area contributed by atoms with Crippen LogP contribution in [0.1, 0.15) is 42.5 Å². The maximum atomic E-state index is 9.97. The molecule has 1 N–H and O–H groups in total. The molecule has 1 aromatic rings. The van der Waals surface area contributed by atoms with Crippen molar-refractivity contribution in [3.8, 4) is 5.75 Å². The molecule has 1 atom stereocenters. The van der Waals surface area contributed by atoms with E-state index in [1.807, 2.05) is 0 Å². The molecule has 1 unspecified atom stereocenters. The third-order valence-electron chi connectivity index (χ3n) is 5.03. The number of rotatable bonds is 3. The maximum Gasteiger partial charge on any atom is 0.126 e. The lowest BCUT2D eigenvalue weighted by atomic mass is 9.83. The minimum atomic E-state index is -0.163. The maximum absolute atomic E-state index is 9.97. The molecule has 0 radical (unpaired) electrons. The largest absolute Gasteiger partial charge is 0.496 e. The first-order chi connectivity index (χ1) is 8.73. The number of ether oxygens (including phenoxy) is 1. The molecular formula is C16H23BrO2. The summed E-state index contributed by atoms with van der Waals surface area (Å²) < 4.78 is 6.82.